The summed E-state index contributed by atoms with van der Waals surface area (Å²) in [7, 11) is 0. The van der Waals surface area contributed by atoms with E-state index >= 15 is 0 Å². The van der Waals surface area contributed by atoms with E-state index in [0.717, 1.165) is 76.6 Å². The summed E-state index contributed by atoms with van der Waals surface area (Å²) in [6.07, 6.45) is 11.0. The number of carbonyl (C=O) groups is 1. The quantitative estimate of drug-likeness (QED) is 0.764. The van der Waals surface area contributed by atoms with Crippen molar-refractivity contribution in [3.05, 3.63) is 18.1 Å². The molecule has 1 aromatic rings. The minimum Gasteiger partial charge on any atom is -0.378 e. The Kier molecular flexibility index (Phi) is 6.22. The van der Waals surface area contributed by atoms with Gasteiger partial charge in [0.05, 0.1) is 18.9 Å². The zero-order chi connectivity index (χ0) is 18.5. The first-order valence-electron chi connectivity index (χ1n) is 10.7. The van der Waals surface area contributed by atoms with Crippen LogP contribution in [0.3, 0.4) is 0 Å². The summed E-state index contributed by atoms with van der Waals surface area (Å²) in [5.41, 5.74) is 1.09. The van der Waals surface area contributed by atoms with E-state index in [1.54, 1.807) is 6.33 Å². The summed E-state index contributed by atoms with van der Waals surface area (Å²) in [5.74, 6) is 1.97. The predicted octanol–water partition coefficient (Wildman–Crippen LogP) is 2.99. The lowest BCUT2D eigenvalue weighted by Gasteiger charge is -2.35. The zero-order valence-electron chi connectivity index (χ0n) is 16.3. The van der Waals surface area contributed by atoms with Gasteiger partial charge in [-0.3, -0.25) is 4.79 Å². The Labute approximate surface area is 162 Å². The molecule has 2 saturated heterocycles. The van der Waals surface area contributed by atoms with Gasteiger partial charge in [-0.15, -0.1) is 0 Å². The molecular formula is C21H32N4O2. The Bertz CT molecular complexity index is 624. The van der Waals surface area contributed by atoms with Crippen LogP contribution in [0.1, 0.15) is 63.0 Å². The molecule has 3 fully saturated rings. The molecule has 27 heavy (non-hydrogen) atoms. The third kappa shape index (κ3) is 4.60. The first kappa shape index (κ1) is 18.7. The third-order valence-corrected chi connectivity index (χ3v) is 6.36. The maximum absolute atomic E-state index is 13.1. The van der Waals surface area contributed by atoms with Crippen LogP contribution in [0.25, 0.3) is 0 Å². The molecule has 1 aromatic heterocycles. The fourth-order valence-electron chi connectivity index (χ4n) is 4.75. The monoisotopic (exact) mass is 372 g/mol. The van der Waals surface area contributed by atoms with Gasteiger partial charge in [0.15, 0.2) is 0 Å². The standard InChI is InChI=1S/C21H32N4O2/c26-21(17-6-3-1-2-4-7-17)25-9-5-8-18(15-25)19-14-20(23-16-22-19)24-10-12-27-13-11-24/h14,16-18H,1-13,15H2/t18-/m1/s1. The lowest BCUT2D eigenvalue weighted by molar-refractivity contribution is -0.137. The molecule has 0 aromatic carbocycles. The van der Waals surface area contributed by atoms with Crippen LogP contribution in [-0.4, -0.2) is 60.2 Å². The highest BCUT2D eigenvalue weighted by molar-refractivity contribution is 5.79. The molecule has 1 atom stereocenters. The average Bonchev–Trinajstić information content (AvgIpc) is 3.04. The van der Waals surface area contributed by atoms with E-state index in [2.05, 4.69) is 25.8 Å². The number of piperidine rings is 1. The molecule has 1 amide bonds. The number of anilines is 1. The molecule has 6 heteroatoms. The summed E-state index contributed by atoms with van der Waals surface area (Å²) in [6.45, 7) is 5.00. The summed E-state index contributed by atoms with van der Waals surface area (Å²) in [4.78, 5) is 26.5. The maximum atomic E-state index is 13.1. The van der Waals surface area contributed by atoms with Gasteiger partial charge in [0, 0.05) is 44.1 Å². The molecule has 3 heterocycles. The zero-order valence-corrected chi connectivity index (χ0v) is 16.3. The van der Waals surface area contributed by atoms with E-state index in [9.17, 15) is 4.79 Å². The van der Waals surface area contributed by atoms with Crippen LogP contribution in [0.5, 0.6) is 0 Å². The minimum atomic E-state index is 0.251. The number of aromatic nitrogens is 2. The Balaban J connectivity index is 1.42. The van der Waals surface area contributed by atoms with Crippen molar-refractivity contribution in [2.75, 3.05) is 44.3 Å². The van der Waals surface area contributed by atoms with Gasteiger partial charge in [-0.2, -0.15) is 0 Å². The summed E-state index contributed by atoms with van der Waals surface area (Å²) >= 11 is 0. The molecule has 0 N–H and O–H groups in total. The molecule has 4 rings (SSSR count). The van der Waals surface area contributed by atoms with Crippen molar-refractivity contribution in [3.8, 4) is 0 Å². The van der Waals surface area contributed by atoms with E-state index in [1.807, 2.05) is 0 Å². The number of ether oxygens (including phenoxy) is 1. The average molecular weight is 373 g/mol. The Hall–Kier alpha value is -1.69. The fraction of sp³-hybridized carbons (Fsp3) is 0.762. The van der Waals surface area contributed by atoms with Gasteiger partial charge in [0.25, 0.3) is 0 Å². The lowest BCUT2D eigenvalue weighted by Crippen LogP contribution is -2.42. The SMILES string of the molecule is O=C(C1CCCCCC1)N1CCC[C@@H](c2cc(N3CCOCC3)ncn2)C1. The van der Waals surface area contributed by atoms with Crippen molar-refractivity contribution >= 4 is 11.7 Å². The van der Waals surface area contributed by atoms with E-state index < -0.39 is 0 Å². The van der Waals surface area contributed by atoms with Crippen LogP contribution >= 0.6 is 0 Å². The largest absolute Gasteiger partial charge is 0.378 e. The van der Waals surface area contributed by atoms with Gasteiger partial charge in [-0.1, -0.05) is 25.7 Å². The highest BCUT2D eigenvalue weighted by Crippen LogP contribution is 2.30. The topological polar surface area (TPSA) is 58.6 Å². The molecule has 0 unspecified atom stereocenters. The van der Waals surface area contributed by atoms with Crippen molar-refractivity contribution < 1.29 is 9.53 Å². The highest BCUT2D eigenvalue weighted by atomic mass is 16.5. The minimum absolute atomic E-state index is 0.251. The van der Waals surface area contributed by atoms with E-state index in [4.69, 9.17) is 4.74 Å². The van der Waals surface area contributed by atoms with E-state index in [1.165, 1.54) is 25.7 Å². The molecule has 0 radical (unpaired) electrons. The molecule has 0 bridgehead atoms. The molecule has 148 valence electrons. The predicted molar refractivity (Wildman–Crippen MR) is 105 cm³/mol. The number of carbonyl (C=O) groups excluding carboxylic acids is 1. The van der Waals surface area contributed by atoms with Crippen molar-refractivity contribution in [3.63, 3.8) is 0 Å². The van der Waals surface area contributed by atoms with Crippen LogP contribution in [-0.2, 0) is 9.53 Å². The highest BCUT2D eigenvalue weighted by Gasteiger charge is 2.30. The van der Waals surface area contributed by atoms with Crippen LogP contribution in [0, 0.1) is 5.92 Å². The second kappa shape index (κ2) is 9.00. The van der Waals surface area contributed by atoms with Gasteiger partial charge < -0.3 is 14.5 Å². The number of hydrogen-bond acceptors (Lipinski definition) is 5. The number of rotatable bonds is 3. The first-order chi connectivity index (χ1) is 13.3. The molecule has 6 nitrogen and oxygen atoms in total. The Morgan fingerprint density at radius 3 is 2.52 bits per heavy atom. The Morgan fingerprint density at radius 1 is 0.963 bits per heavy atom. The van der Waals surface area contributed by atoms with Crippen molar-refractivity contribution in [1.29, 1.82) is 0 Å². The normalized spacial score (nSPS) is 25.3. The molecule has 0 spiro atoms. The van der Waals surface area contributed by atoms with Crippen LogP contribution in [0.4, 0.5) is 5.82 Å². The maximum Gasteiger partial charge on any atom is 0.225 e. The van der Waals surface area contributed by atoms with E-state index in [-0.39, 0.29) is 5.92 Å². The smallest absolute Gasteiger partial charge is 0.225 e. The second-order valence-corrected chi connectivity index (χ2v) is 8.21. The van der Waals surface area contributed by atoms with Gasteiger partial charge in [0.1, 0.15) is 12.1 Å². The first-order valence-corrected chi connectivity index (χ1v) is 10.7. The van der Waals surface area contributed by atoms with Crippen LogP contribution in [0.15, 0.2) is 12.4 Å². The molecule has 1 aliphatic carbocycles. The number of hydrogen-bond donors (Lipinski definition) is 0. The number of nitrogens with zero attached hydrogens (tertiary/aromatic N) is 4. The lowest BCUT2D eigenvalue weighted by atomic mass is 9.92. The molecule has 3 aliphatic rings. The van der Waals surface area contributed by atoms with E-state index in [0.29, 0.717) is 11.8 Å². The van der Waals surface area contributed by atoms with Gasteiger partial charge in [0.2, 0.25) is 5.91 Å². The number of amides is 1. The summed E-state index contributed by atoms with van der Waals surface area (Å²) < 4.78 is 5.45. The molecular weight excluding hydrogens is 340 g/mol. The van der Waals surface area contributed by atoms with Crippen molar-refractivity contribution in [1.82, 2.24) is 14.9 Å². The van der Waals surface area contributed by atoms with Crippen LogP contribution in [0.2, 0.25) is 0 Å². The van der Waals surface area contributed by atoms with Gasteiger partial charge in [-0.25, -0.2) is 9.97 Å². The van der Waals surface area contributed by atoms with Crippen molar-refractivity contribution in [2.24, 2.45) is 5.92 Å². The fourth-order valence-corrected chi connectivity index (χ4v) is 4.75. The second-order valence-electron chi connectivity index (χ2n) is 8.21. The summed E-state index contributed by atoms with van der Waals surface area (Å²) in [5, 5.41) is 0. The van der Waals surface area contributed by atoms with Crippen molar-refractivity contribution in [2.45, 2.75) is 57.3 Å². The van der Waals surface area contributed by atoms with Gasteiger partial charge in [-0.05, 0) is 25.7 Å². The number of likely N-dealkylation sites (tertiary alicyclic amines) is 1. The van der Waals surface area contributed by atoms with Crippen LogP contribution < -0.4 is 4.90 Å². The van der Waals surface area contributed by atoms with Gasteiger partial charge >= 0.3 is 0 Å². The molecule has 1 saturated carbocycles. The third-order valence-electron chi connectivity index (χ3n) is 6.36. The Morgan fingerprint density at radius 2 is 1.74 bits per heavy atom. The number of morpholine rings is 1. The molecule has 2 aliphatic heterocycles. The summed E-state index contributed by atoms with van der Waals surface area (Å²) in [6, 6.07) is 2.13.